The maximum atomic E-state index is 13.6. The van der Waals surface area contributed by atoms with Gasteiger partial charge < -0.3 is 9.84 Å². The highest BCUT2D eigenvalue weighted by Crippen LogP contribution is 2.35. The number of hydrogen-bond acceptors (Lipinski definition) is 4. The van der Waals surface area contributed by atoms with Crippen molar-refractivity contribution in [2.24, 2.45) is 0 Å². The van der Waals surface area contributed by atoms with E-state index in [4.69, 9.17) is 10.00 Å². The van der Waals surface area contributed by atoms with E-state index in [1.807, 2.05) is 4.90 Å². The van der Waals surface area contributed by atoms with Crippen molar-refractivity contribution in [3.63, 3.8) is 0 Å². The highest BCUT2D eigenvalue weighted by atomic mass is 19.2. The minimum Gasteiger partial charge on any atom is -0.496 e. The van der Waals surface area contributed by atoms with E-state index >= 15 is 0 Å². The molecule has 130 valence electrons. The van der Waals surface area contributed by atoms with Crippen LogP contribution in [0, 0.1) is 23.0 Å². The molecule has 1 saturated heterocycles. The molecule has 2 aromatic rings. The van der Waals surface area contributed by atoms with Crippen molar-refractivity contribution < 1.29 is 18.6 Å². The van der Waals surface area contributed by atoms with Crippen LogP contribution in [0.5, 0.6) is 5.75 Å². The first-order valence-corrected chi connectivity index (χ1v) is 7.96. The van der Waals surface area contributed by atoms with E-state index in [9.17, 15) is 13.9 Å². The summed E-state index contributed by atoms with van der Waals surface area (Å²) in [5, 5.41) is 19.2. The molecule has 0 spiro atoms. The molecule has 1 aliphatic heterocycles. The molecule has 0 unspecified atom stereocenters. The van der Waals surface area contributed by atoms with Gasteiger partial charge in [0.05, 0.1) is 24.8 Å². The Morgan fingerprint density at radius 3 is 2.72 bits per heavy atom. The topological polar surface area (TPSA) is 56.5 Å². The van der Waals surface area contributed by atoms with Crippen molar-refractivity contribution in [2.75, 3.05) is 13.7 Å². The zero-order valence-electron chi connectivity index (χ0n) is 13.7. The lowest BCUT2D eigenvalue weighted by Gasteiger charge is -2.25. The number of likely N-dealkylation sites (tertiary alicyclic amines) is 1. The van der Waals surface area contributed by atoms with E-state index in [0.29, 0.717) is 36.4 Å². The smallest absolute Gasteiger partial charge is 0.159 e. The summed E-state index contributed by atoms with van der Waals surface area (Å²) in [6.07, 6.45) is -0.117. The first-order valence-electron chi connectivity index (χ1n) is 7.96. The molecule has 4 nitrogen and oxygen atoms in total. The zero-order valence-corrected chi connectivity index (χ0v) is 13.7. The average molecular weight is 344 g/mol. The summed E-state index contributed by atoms with van der Waals surface area (Å²) in [6, 6.07) is 10.8. The van der Waals surface area contributed by atoms with Crippen LogP contribution < -0.4 is 4.74 Å². The highest BCUT2D eigenvalue weighted by molar-refractivity contribution is 5.42. The highest BCUT2D eigenvalue weighted by Gasteiger charge is 2.33. The molecule has 25 heavy (non-hydrogen) atoms. The maximum Gasteiger partial charge on any atom is 0.159 e. The number of hydrogen-bond donors (Lipinski definition) is 1. The second-order valence-electron chi connectivity index (χ2n) is 6.15. The summed E-state index contributed by atoms with van der Waals surface area (Å²) in [5.41, 5.74) is 1.94. The molecule has 0 aromatic heterocycles. The molecule has 0 bridgehead atoms. The first-order chi connectivity index (χ1) is 12.0. The van der Waals surface area contributed by atoms with E-state index < -0.39 is 17.7 Å². The molecule has 1 N–H and O–H groups in total. The number of benzene rings is 2. The molecule has 2 aromatic carbocycles. The van der Waals surface area contributed by atoms with Crippen LogP contribution in [0.3, 0.4) is 0 Å². The maximum absolute atomic E-state index is 13.6. The lowest BCUT2D eigenvalue weighted by Crippen LogP contribution is -2.24. The van der Waals surface area contributed by atoms with Crippen molar-refractivity contribution in [3.8, 4) is 11.8 Å². The van der Waals surface area contributed by atoms with Crippen molar-refractivity contribution in [3.05, 3.63) is 64.7 Å². The Morgan fingerprint density at radius 2 is 2.04 bits per heavy atom. The van der Waals surface area contributed by atoms with Crippen molar-refractivity contribution in [1.29, 1.82) is 5.26 Å². The van der Waals surface area contributed by atoms with Crippen LogP contribution in [0.15, 0.2) is 36.4 Å². The number of rotatable bonds is 4. The van der Waals surface area contributed by atoms with Crippen molar-refractivity contribution in [1.82, 2.24) is 4.90 Å². The number of halogens is 2. The molecule has 0 saturated carbocycles. The molecule has 6 heteroatoms. The number of nitriles is 1. The zero-order chi connectivity index (χ0) is 18.0. The van der Waals surface area contributed by atoms with Gasteiger partial charge >= 0.3 is 0 Å². The Bertz CT molecular complexity index is 820. The quantitative estimate of drug-likeness (QED) is 0.926. The lowest BCUT2D eigenvalue weighted by molar-refractivity contribution is 0.172. The third kappa shape index (κ3) is 3.63. The fourth-order valence-corrected chi connectivity index (χ4v) is 3.31. The third-order valence-electron chi connectivity index (χ3n) is 4.49. The summed E-state index contributed by atoms with van der Waals surface area (Å²) >= 11 is 0. The Balaban J connectivity index is 1.90. The van der Waals surface area contributed by atoms with Crippen LogP contribution in [0.4, 0.5) is 8.78 Å². The second kappa shape index (κ2) is 7.18. The fraction of sp³-hybridized carbons (Fsp3) is 0.316. The standard InChI is InChI=1S/C19H18F2N2O2/c1-25-19-5-2-12(9-22)6-14(19)10-23-11-15(24)8-18(23)13-3-4-16(20)17(21)7-13/h2-7,15,18,24H,8,10-11H2,1H3/t15-,18-/m0/s1. The molecule has 0 radical (unpaired) electrons. The first kappa shape index (κ1) is 17.3. The molecular weight excluding hydrogens is 326 g/mol. The predicted octanol–water partition coefficient (Wildman–Crippen LogP) is 3.15. The van der Waals surface area contributed by atoms with Gasteiger partial charge in [-0.05, 0) is 42.3 Å². The fourth-order valence-electron chi connectivity index (χ4n) is 3.31. The normalized spacial score (nSPS) is 20.4. The van der Waals surface area contributed by atoms with Crippen LogP contribution in [0.2, 0.25) is 0 Å². The number of aliphatic hydroxyl groups excluding tert-OH is 1. The summed E-state index contributed by atoms with van der Waals surface area (Å²) < 4.78 is 32.1. The number of nitrogens with zero attached hydrogens (tertiary/aromatic N) is 2. The van der Waals surface area contributed by atoms with Crippen LogP contribution >= 0.6 is 0 Å². The minimum absolute atomic E-state index is 0.236. The van der Waals surface area contributed by atoms with E-state index in [1.54, 1.807) is 25.3 Å². The molecule has 1 aliphatic rings. The summed E-state index contributed by atoms with van der Waals surface area (Å²) in [7, 11) is 1.55. The van der Waals surface area contributed by atoms with Gasteiger partial charge in [-0.3, -0.25) is 4.90 Å². The van der Waals surface area contributed by atoms with Gasteiger partial charge in [0.25, 0.3) is 0 Å². The monoisotopic (exact) mass is 344 g/mol. The number of ether oxygens (including phenoxy) is 1. The van der Waals surface area contributed by atoms with Crippen LogP contribution in [0.1, 0.15) is 29.2 Å². The van der Waals surface area contributed by atoms with E-state index in [-0.39, 0.29) is 6.04 Å². The Kier molecular flexibility index (Phi) is 4.98. The van der Waals surface area contributed by atoms with Crippen LogP contribution in [0.25, 0.3) is 0 Å². The van der Waals surface area contributed by atoms with Crippen molar-refractivity contribution >= 4 is 0 Å². The van der Waals surface area contributed by atoms with Gasteiger partial charge in [-0.15, -0.1) is 0 Å². The van der Waals surface area contributed by atoms with Gasteiger partial charge in [0.2, 0.25) is 0 Å². The van der Waals surface area contributed by atoms with Gasteiger partial charge in [-0.2, -0.15) is 5.26 Å². The SMILES string of the molecule is COc1ccc(C#N)cc1CN1C[C@@H](O)C[C@H]1c1ccc(F)c(F)c1. The third-order valence-corrected chi connectivity index (χ3v) is 4.49. The Hall–Kier alpha value is -2.49. The number of β-amino-alcohol motifs (C(OH)–C–C–N with tert-alkyl or cyclic N) is 1. The number of aliphatic hydroxyl groups is 1. The Morgan fingerprint density at radius 1 is 1.24 bits per heavy atom. The molecular formula is C19H18F2N2O2. The predicted molar refractivity (Wildman–Crippen MR) is 87.8 cm³/mol. The largest absolute Gasteiger partial charge is 0.496 e. The van der Waals surface area contributed by atoms with Gasteiger partial charge in [-0.25, -0.2) is 8.78 Å². The summed E-state index contributed by atoms with van der Waals surface area (Å²) in [4.78, 5) is 1.98. The number of methoxy groups -OCH3 is 1. The van der Waals surface area contributed by atoms with Gasteiger partial charge in [0.1, 0.15) is 5.75 Å². The molecule has 0 amide bonds. The van der Waals surface area contributed by atoms with Gasteiger partial charge in [0, 0.05) is 24.7 Å². The van der Waals surface area contributed by atoms with E-state index in [1.165, 1.54) is 12.1 Å². The van der Waals surface area contributed by atoms with Crippen molar-refractivity contribution in [2.45, 2.75) is 25.1 Å². The molecule has 1 fully saturated rings. The van der Waals surface area contributed by atoms with Gasteiger partial charge in [0.15, 0.2) is 11.6 Å². The molecule has 2 atom stereocenters. The van der Waals surface area contributed by atoms with E-state index in [0.717, 1.165) is 11.6 Å². The minimum atomic E-state index is -0.900. The summed E-state index contributed by atoms with van der Waals surface area (Å²) in [6.45, 7) is 0.836. The molecule has 3 rings (SSSR count). The van der Waals surface area contributed by atoms with Gasteiger partial charge in [-0.1, -0.05) is 6.07 Å². The molecule has 1 heterocycles. The lowest BCUT2D eigenvalue weighted by atomic mass is 10.0. The van der Waals surface area contributed by atoms with E-state index in [2.05, 4.69) is 6.07 Å². The average Bonchev–Trinajstić information content (AvgIpc) is 2.97. The second-order valence-corrected chi connectivity index (χ2v) is 6.15. The Labute approximate surface area is 144 Å². The van der Waals surface area contributed by atoms with Crippen LogP contribution in [-0.4, -0.2) is 29.8 Å². The van der Waals surface area contributed by atoms with Crippen LogP contribution in [-0.2, 0) is 6.54 Å². The molecule has 0 aliphatic carbocycles. The summed E-state index contributed by atoms with van der Waals surface area (Å²) in [5.74, 6) is -1.15.